The smallest absolute Gasteiger partial charge is 0.322 e. The van der Waals surface area contributed by atoms with Gasteiger partial charge in [-0.1, -0.05) is 6.07 Å². The Morgan fingerprint density at radius 3 is 2.76 bits per heavy atom. The molecule has 1 aliphatic heterocycles. The van der Waals surface area contributed by atoms with Gasteiger partial charge in [0.25, 0.3) is 0 Å². The van der Waals surface area contributed by atoms with Crippen LogP contribution in [0.4, 0.5) is 10.5 Å². The number of hydrogen-bond donors (Lipinski definition) is 1. The predicted molar refractivity (Wildman–Crippen MR) is 70.3 cm³/mol. The second-order valence-electron chi connectivity index (χ2n) is 4.01. The topological polar surface area (TPSA) is 41.6 Å². The average Bonchev–Trinajstić information content (AvgIpc) is 2.34. The van der Waals surface area contributed by atoms with Gasteiger partial charge in [-0.15, -0.1) is 0 Å². The van der Waals surface area contributed by atoms with E-state index in [9.17, 15) is 4.79 Å². The Morgan fingerprint density at radius 2 is 2.12 bits per heavy atom. The molecule has 0 aliphatic carbocycles. The molecule has 0 atom stereocenters. The molecule has 0 saturated carbocycles. The summed E-state index contributed by atoms with van der Waals surface area (Å²) in [7, 11) is 0. The molecular formula is C12H15BrN2O2. The second-order valence-corrected chi connectivity index (χ2v) is 4.87. The number of aryl methyl sites for hydroxylation is 1. The summed E-state index contributed by atoms with van der Waals surface area (Å²) in [5, 5.41) is 2.89. The van der Waals surface area contributed by atoms with Gasteiger partial charge in [-0.25, -0.2) is 4.79 Å². The van der Waals surface area contributed by atoms with Gasteiger partial charge in [0.05, 0.1) is 18.9 Å². The number of halogens is 1. The minimum atomic E-state index is -0.0714. The van der Waals surface area contributed by atoms with Crippen LogP contribution in [0.25, 0.3) is 0 Å². The molecule has 0 spiro atoms. The van der Waals surface area contributed by atoms with Gasteiger partial charge in [0.2, 0.25) is 0 Å². The van der Waals surface area contributed by atoms with E-state index < -0.39 is 0 Å². The van der Waals surface area contributed by atoms with Gasteiger partial charge in [0.15, 0.2) is 0 Å². The lowest BCUT2D eigenvalue weighted by Gasteiger charge is -2.27. The maximum Gasteiger partial charge on any atom is 0.322 e. The van der Waals surface area contributed by atoms with E-state index in [1.54, 1.807) is 4.90 Å². The van der Waals surface area contributed by atoms with E-state index in [0.717, 1.165) is 15.7 Å². The first-order valence-corrected chi connectivity index (χ1v) is 6.36. The highest BCUT2D eigenvalue weighted by molar-refractivity contribution is 9.10. The first-order chi connectivity index (χ1) is 8.16. The van der Waals surface area contributed by atoms with E-state index in [0.29, 0.717) is 26.3 Å². The van der Waals surface area contributed by atoms with Crippen molar-refractivity contribution in [1.82, 2.24) is 4.90 Å². The normalized spacial score (nSPS) is 15.8. The van der Waals surface area contributed by atoms with Crippen LogP contribution >= 0.6 is 15.9 Å². The quantitative estimate of drug-likeness (QED) is 0.866. The van der Waals surface area contributed by atoms with Crippen molar-refractivity contribution < 1.29 is 9.53 Å². The number of rotatable bonds is 1. The lowest BCUT2D eigenvalue weighted by molar-refractivity contribution is 0.0564. The SMILES string of the molecule is Cc1ccc(NC(=O)N2CCOCC2)c(Br)c1. The van der Waals surface area contributed by atoms with Gasteiger partial charge < -0.3 is 15.0 Å². The molecule has 0 aromatic heterocycles. The number of carbonyl (C=O) groups excluding carboxylic acids is 1. The summed E-state index contributed by atoms with van der Waals surface area (Å²) < 4.78 is 6.11. The number of ether oxygens (including phenoxy) is 1. The van der Waals surface area contributed by atoms with Gasteiger partial charge in [-0.3, -0.25) is 0 Å². The molecule has 1 aromatic rings. The largest absolute Gasteiger partial charge is 0.378 e. The highest BCUT2D eigenvalue weighted by atomic mass is 79.9. The Bertz CT molecular complexity index is 417. The zero-order valence-electron chi connectivity index (χ0n) is 9.70. The van der Waals surface area contributed by atoms with E-state index in [4.69, 9.17) is 4.74 Å². The Balaban J connectivity index is 2.02. The molecule has 1 aliphatic rings. The maximum atomic E-state index is 11.9. The summed E-state index contributed by atoms with van der Waals surface area (Å²) in [6.07, 6.45) is 0. The molecule has 0 bridgehead atoms. The van der Waals surface area contributed by atoms with E-state index >= 15 is 0 Å². The minimum Gasteiger partial charge on any atom is -0.378 e. The Hall–Kier alpha value is -1.07. The maximum absolute atomic E-state index is 11.9. The summed E-state index contributed by atoms with van der Waals surface area (Å²) in [6, 6.07) is 5.78. The minimum absolute atomic E-state index is 0.0714. The molecule has 1 saturated heterocycles. The molecule has 1 heterocycles. The lowest BCUT2D eigenvalue weighted by atomic mass is 10.2. The van der Waals surface area contributed by atoms with Crippen LogP contribution in [0.15, 0.2) is 22.7 Å². The summed E-state index contributed by atoms with van der Waals surface area (Å²) >= 11 is 3.44. The highest BCUT2D eigenvalue weighted by Gasteiger charge is 2.17. The summed E-state index contributed by atoms with van der Waals surface area (Å²) in [5.74, 6) is 0. The number of benzene rings is 1. The highest BCUT2D eigenvalue weighted by Crippen LogP contribution is 2.23. The fourth-order valence-corrected chi connectivity index (χ4v) is 2.27. The van der Waals surface area contributed by atoms with Crippen molar-refractivity contribution in [3.63, 3.8) is 0 Å². The first kappa shape index (κ1) is 12.4. The molecule has 2 rings (SSSR count). The van der Waals surface area contributed by atoms with Gasteiger partial charge in [-0.05, 0) is 40.5 Å². The van der Waals surface area contributed by atoms with Crippen molar-refractivity contribution in [2.24, 2.45) is 0 Å². The fraction of sp³-hybridized carbons (Fsp3) is 0.417. The van der Waals surface area contributed by atoms with Crippen LogP contribution in [0.3, 0.4) is 0 Å². The van der Waals surface area contributed by atoms with Crippen molar-refractivity contribution in [1.29, 1.82) is 0 Å². The van der Waals surface area contributed by atoms with E-state index in [2.05, 4.69) is 21.2 Å². The molecule has 1 fully saturated rings. The van der Waals surface area contributed by atoms with Gasteiger partial charge in [0.1, 0.15) is 0 Å². The number of anilines is 1. The number of nitrogens with zero attached hydrogens (tertiary/aromatic N) is 1. The molecule has 17 heavy (non-hydrogen) atoms. The lowest BCUT2D eigenvalue weighted by Crippen LogP contribution is -2.43. The van der Waals surface area contributed by atoms with Crippen molar-refractivity contribution in [2.75, 3.05) is 31.6 Å². The van der Waals surface area contributed by atoms with Gasteiger partial charge in [-0.2, -0.15) is 0 Å². The molecule has 92 valence electrons. The van der Waals surface area contributed by atoms with Crippen molar-refractivity contribution in [2.45, 2.75) is 6.92 Å². The van der Waals surface area contributed by atoms with Gasteiger partial charge in [0, 0.05) is 17.6 Å². The Labute approximate surface area is 109 Å². The van der Waals surface area contributed by atoms with Crippen molar-refractivity contribution >= 4 is 27.6 Å². The fourth-order valence-electron chi connectivity index (χ4n) is 1.68. The number of urea groups is 1. The summed E-state index contributed by atoms with van der Waals surface area (Å²) in [5.41, 5.74) is 1.95. The monoisotopic (exact) mass is 298 g/mol. The molecule has 0 unspecified atom stereocenters. The number of morpholine rings is 1. The second kappa shape index (κ2) is 5.51. The van der Waals surface area contributed by atoms with E-state index in [-0.39, 0.29) is 6.03 Å². The van der Waals surface area contributed by atoms with Gasteiger partial charge >= 0.3 is 6.03 Å². The van der Waals surface area contributed by atoms with Crippen LogP contribution in [0, 0.1) is 6.92 Å². The third-order valence-electron chi connectivity index (χ3n) is 2.66. The first-order valence-electron chi connectivity index (χ1n) is 5.56. The number of carbonyl (C=O) groups is 1. The Kier molecular flexibility index (Phi) is 4.02. The Morgan fingerprint density at radius 1 is 1.41 bits per heavy atom. The molecular weight excluding hydrogens is 284 g/mol. The zero-order chi connectivity index (χ0) is 12.3. The molecule has 2 amide bonds. The molecule has 0 radical (unpaired) electrons. The average molecular weight is 299 g/mol. The third kappa shape index (κ3) is 3.20. The van der Waals surface area contributed by atoms with Crippen LogP contribution in [0.2, 0.25) is 0 Å². The molecule has 1 aromatic carbocycles. The van der Waals surface area contributed by atoms with Crippen LogP contribution in [0.1, 0.15) is 5.56 Å². The molecule has 1 N–H and O–H groups in total. The zero-order valence-corrected chi connectivity index (χ0v) is 11.3. The van der Waals surface area contributed by atoms with Crippen LogP contribution < -0.4 is 5.32 Å². The van der Waals surface area contributed by atoms with E-state index in [1.165, 1.54) is 0 Å². The summed E-state index contributed by atoms with van der Waals surface area (Å²) in [4.78, 5) is 13.7. The summed E-state index contributed by atoms with van der Waals surface area (Å²) in [6.45, 7) is 4.54. The third-order valence-corrected chi connectivity index (χ3v) is 3.32. The van der Waals surface area contributed by atoms with Crippen molar-refractivity contribution in [3.05, 3.63) is 28.2 Å². The van der Waals surface area contributed by atoms with Crippen molar-refractivity contribution in [3.8, 4) is 0 Å². The standard InChI is InChI=1S/C12H15BrN2O2/c1-9-2-3-11(10(13)8-9)14-12(16)15-4-6-17-7-5-15/h2-3,8H,4-7H2,1H3,(H,14,16). The number of hydrogen-bond acceptors (Lipinski definition) is 2. The molecule has 5 heteroatoms. The number of nitrogens with one attached hydrogen (secondary N) is 1. The predicted octanol–water partition coefficient (Wildman–Crippen LogP) is 2.62. The van der Waals surface area contributed by atoms with Crippen LogP contribution in [-0.2, 0) is 4.74 Å². The van der Waals surface area contributed by atoms with Crippen LogP contribution in [0.5, 0.6) is 0 Å². The molecule has 4 nitrogen and oxygen atoms in total. The van der Waals surface area contributed by atoms with Crippen LogP contribution in [-0.4, -0.2) is 37.2 Å². The van der Waals surface area contributed by atoms with E-state index in [1.807, 2.05) is 25.1 Å². The number of amides is 2.